The Morgan fingerprint density at radius 3 is 2.91 bits per heavy atom. The fraction of sp³-hybridized carbons (Fsp3) is 0.667. The lowest BCUT2D eigenvalue weighted by molar-refractivity contribution is 0.365. The molecule has 0 atom stereocenters. The lowest BCUT2D eigenvalue weighted by Crippen LogP contribution is -2.65. The maximum absolute atomic E-state index is 5.83. The normalized spacial score (nSPS) is 21.5. The average molecular weight is 170 g/mol. The molecule has 1 aliphatic heterocycles. The van der Waals surface area contributed by atoms with Gasteiger partial charge in [0.05, 0.1) is 0 Å². The summed E-state index contributed by atoms with van der Waals surface area (Å²) in [6.45, 7) is 3.83. The molecule has 0 unspecified atom stereocenters. The lowest BCUT2D eigenvalue weighted by atomic mass is 9.95. The number of aromatic nitrogens is 2. The Morgan fingerprint density at radius 2 is 2.45 bits per heavy atom. The van der Waals surface area contributed by atoms with Crippen molar-refractivity contribution in [2.24, 2.45) is 5.73 Å². The number of nitrogens with two attached hydrogens (primary N) is 1. The third-order valence-corrected chi connectivity index (χ3v) is 2.45. The van der Waals surface area contributed by atoms with Crippen molar-refractivity contribution in [1.29, 1.82) is 0 Å². The van der Waals surface area contributed by atoms with Crippen LogP contribution in [0.25, 0.3) is 0 Å². The minimum atomic E-state index is -0.0222. The summed E-state index contributed by atoms with van der Waals surface area (Å²) < 4.78 is 3.92. The molecule has 1 fully saturated rings. The highest BCUT2D eigenvalue weighted by Gasteiger charge is 2.36. The van der Waals surface area contributed by atoms with E-state index < -0.39 is 0 Å². The van der Waals surface area contributed by atoms with Gasteiger partial charge in [0.1, 0.15) is 6.33 Å². The molecule has 0 aromatic carbocycles. The van der Waals surface area contributed by atoms with Crippen molar-refractivity contribution in [2.75, 3.05) is 18.0 Å². The van der Waals surface area contributed by atoms with E-state index in [4.69, 9.17) is 5.73 Å². The van der Waals surface area contributed by atoms with Crippen LogP contribution in [0.15, 0.2) is 6.33 Å². The second kappa shape index (κ2) is 2.15. The first kappa shape index (κ1) is 7.00. The van der Waals surface area contributed by atoms with Crippen LogP contribution in [-0.4, -0.2) is 28.0 Å². The van der Waals surface area contributed by atoms with Crippen LogP contribution in [0.2, 0.25) is 0 Å². The summed E-state index contributed by atoms with van der Waals surface area (Å²) in [6, 6.07) is 0. The summed E-state index contributed by atoms with van der Waals surface area (Å²) in [4.78, 5) is 6.22. The van der Waals surface area contributed by atoms with Crippen molar-refractivity contribution in [2.45, 2.75) is 12.5 Å². The molecule has 60 valence electrons. The van der Waals surface area contributed by atoms with Gasteiger partial charge in [-0.2, -0.15) is 4.37 Å². The third kappa shape index (κ3) is 1.21. The molecule has 5 heteroatoms. The molecule has 1 aromatic heterocycles. The van der Waals surface area contributed by atoms with E-state index in [2.05, 4.69) is 14.3 Å². The van der Waals surface area contributed by atoms with Gasteiger partial charge in [-0.25, -0.2) is 4.98 Å². The SMILES string of the molecule is CC1(N)CN(c2ncns2)C1. The molecule has 11 heavy (non-hydrogen) atoms. The minimum Gasteiger partial charge on any atom is -0.343 e. The van der Waals surface area contributed by atoms with Crippen LogP contribution in [0.5, 0.6) is 0 Å². The zero-order valence-electron chi connectivity index (χ0n) is 6.32. The average Bonchev–Trinajstić information content (AvgIpc) is 2.32. The Labute approximate surface area is 69.2 Å². The molecule has 0 amide bonds. The number of nitrogens with zero attached hydrogens (tertiary/aromatic N) is 3. The quantitative estimate of drug-likeness (QED) is 0.648. The first-order valence-electron chi connectivity index (χ1n) is 3.48. The van der Waals surface area contributed by atoms with Gasteiger partial charge >= 0.3 is 0 Å². The van der Waals surface area contributed by atoms with Crippen molar-refractivity contribution in [1.82, 2.24) is 9.36 Å². The van der Waals surface area contributed by atoms with Crippen LogP contribution >= 0.6 is 11.5 Å². The molecule has 1 saturated heterocycles. The van der Waals surface area contributed by atoms with E-state index >= 15 is 0 Å². The Kier molecular flexibility index (Phi) is 1.37. The fourth-order valence-corrected chi connectivity index (χ4v) is 1.80. The van der Waals surface area contributed by atoms with Crippen molar-refractivity contribution in [3.05, 3.63) is 6.33 Å². The number of anilines is 1. The Balaban J connectivity index is 2.03. The second-order valence-corrected chi connectivity index (χ2v) is 3.99. The predicted octanol–water partition coefficient (Wildman–Crippen LogP) is 0.0755. The van der Waals surface area contributed by atoms with E-state index in [1.165, 1.54) is 11.5 Å². The van der Waals surface area contributed by atoms with Gasteiger partial charge in [0, 0.05) is 30.2 Å². The van der Waals surface area contributed by atoms with Crippen LogP contribution in [-0.2, 0) is 0 Å². The molecule has 1 aliphatic rings. The smallest absolute Gasteiger partial charge is 0.205 e. The van der Waals surface area contributed by atoms with Crippen molar-refractivity contribution in [3.8, 4) is 0 Å². The van der Waals surface area contributed by atoms with Crippen LogP contribution in [0.3, 0.4) is 0 Å². The maximum Gasteiger partial charge on any atom is 0.205 e. The highest BCUT2D eigenvalue weighted by Crippen LogP contribution is 2.25. The van der Waals surface area contributed by atoms with Gasteiger partial charge in [0.15, 0.2) is 0 Å². The van der Waals surface area contributed by atoms with E-state index in [-0.39, 0.29) is 5.54 Å². The molecule has 2 rings (SSSR count). The third-order valence-electron chi connectivity index (χ3n) is 1.72. The predicted molar refractivity (Wildman–Crippen MR) is 44.7 cm³/mol. The first-order valence-corrected chi connectivity index (χ1v) is 4.25. The standard InChI is InChI=1S/C6H10N4S/c1-6(7)2-10(3-6)5-8-4-9-11-5/h4H,2-3,7H2,1H3. The topological polar surface area (TPSA) is 55.0 Å². The molecular weight excluding hydrogens is 160 g/mol. The zero-order chi connectivity index (χ0) is 7.90. The molecule has 0 saturated carbocycles. The van der Waals surface area contributed by atoms with Crippen LogP contribution in [0.1, 0.15) is 6.92 Å². The molecule has 0 aliphatic carbocycles. The summed E-state index contributed by atoms with van der Waals surface area (Å²) in [6.07, 6.45) is 1.58. The molecule has 2 N–H and O–H groups in total. The second-order valence-electron chi connectivity index (χ2n) is 3.23. The maximum atomic E-state index is 5.83. The largest absolute Gasteiger partial charge is 0.343 e. The summed E-state index contributed by atoms with van der Waals surface area (Å²) in [5.74, 6) is 0. The Morgan fingerprint density at radius 1 is 1.73 bits per heavy atom. The monoisotopic (exact) mass is 170 g/mol. The molecule has 0 radical (unpaired) electrons. The van der Waals surface area contributed by atoms with Crippen molar-refractivity contribution >= 4 is 16.7 Å². The van der Waals surface area contributed by atoms with Gasteiger partial charge in [-0.05, 0) is 6.92 Å². The Bertz CT molecular complexity index is 235. The highest BCUT2D eigenvalue weighted by atomic mass is 32.1. The summed E-state index contributed by atoms with van der Waals surface area (Å²) in [5, 5.41) is 0.980. The van der Waals surface area contributed by atoms with Crippen LogP contribution in [0.4, 0.5) is 5.13 Å². The molecule has 4 nitrogen and oxygen atoms in total. The highest BCUT2D eigenvalue weighted by molar-refractivity contribution is 7.09. The van der Waals surface area contributed by atoms with Gasteiger partial charge in [-0.15, -0.1) is 0 Å². The fourth-order valence-electron chi connectivity index (χ4n) is 1.27. The summed E-state index contributed by atoms with van der Waals surface area (Å²) in [5.41, 5.74) is 5.81. The van der Waals surface area contributed by atoms with Crippen LogP contribution < -0.4 is 10.6 Å². The van der Waals surface area contributed by atoms with Crippen LogP contribution in [0, 0.1) is 0 Å². The molecule has 0 bridgehead atoms. The molecule has 0 spiro atoms. The van der Waals surface area contributed by atoms with Crippen molar-refractivity contribution in [3.63, 3.8) is 0 Å². The van der Waals surface area contributed by atoms with E-state index in [0.717, 1.165) is 18.2 Å². The van der Waals surface area contributed by atoms with E-state index in [1.54, 1.807) is 6.33 Å². The van der Waals surface area contributed by atoms with Crippen molar-refractivity contribution < 1.29 is 0 Å². The lowest BCUT2D eigenvalue weighted by Gasteiger charge is -2.45. The number of hydrogen-bond acceptors (Lipinski definition) is 5. The van der Waals surface area contributed by atoms with Gasteiger partial charge in [0.25, 0.3) is 0 Å². The van der Waals surface area contributed by atoms with Gasteiger partial charge in [-0.1, -0.05) is 0 Å². The zero-order valence-corrected chi connectivity index (χ0v) is 7.14. The summed E-state index contributed by atoms with van der Waals surface area (Å²) in [7, 11) is 0. The number of hydrogen-bond donors (Lipinski definition) is 1. The van der Waals surface area contributed by atoms with Gasteiger partial charge < -0.3 is 10.6 Å². The van der Waals surface area contributed by atoms with Gasteiger partial charge in [-0.3, -0.25) is 0 Å². The van der Waals surface area contributed by atoms with E-state index in [0.29, 0.717) is 0 Å². The molecule has 1 aromatic rings. The minimum absolute atomic E-state index is 0.0222. The van der Waals surface area contributed by atoms with E-state index in [1.807, 2.05) is 6.92 Å². The van der Waals surface area contributed by atoms with Gasteiger partial charge in [0.2, 0.25) is 5.13 Å². The first-order chi connectivity index (χ1) is 5.17. The Hall–Kier alpha value is -0.680. The molecule has 2 heterocycles. The number of rotatable bonds is 1. The summed E-state index contributed by atoms with van der Waals surface area (Å²) >= 11 is 1.42. The molecular formula is C6H10N4S. The van der Waals surface area contributed by atoms with E-state index in [9.17, 15) is 0 Å².